The molecule has 3 rings (SSSR count). The monoisotopic (exact) mass is 389 g/mol. The van der Waals surface area contributed by atoms with Crippen molar-refractivity contribution >= 4 is 0 Å². The zero-order valence-electron chi connectivity index (χ0n) is 18.3. The normalized spacial score (nSPS) is 17.8. The van der Waals surface area contributed by atoms with E-state index in [-0.39, 0.29) is 5.41 Å². The van der Waals surface area contributed by atoms with Crippen molar-refractivity contribution in [1.29, 1.82) is 5.26 Å². The zero-order valence-corrected chi connectivity index (χ0v) is 18.3. The highest BCUT2D eigenvalue weighted by atomic mass is 15.3. The third kappa shape index (κ3) is 5.26. The van der Waals surface area contributed by atoms with Crippen LogP contribution < -0.4 is 0 Å². The van der Waals surface area contributed by atoms with Crippen LogP contribution in [-0.2, 0) is 12.0 Å². The zero-order chi connectivity index (χ0) is 20.7. The van der Waals surface area contributed by atoms with Crippen LogP contribution in [0.3, 0.4) is 0 Å². The van der Waals surface area contributed by atoms with Gasteiger partial charge in [-0.15, -0.1) is 0 Å². The summed E-state index contributed by atoms with van der Waals surface area (Å²) >= 11 is 0. The van der Waals surface area contributed by atoms with E-state index in [0.717, 1.165) is 52.1 Å². The molecule has 1 saturated heterocycles. The largest absolute Gasteiger partial charge is 0.301 e. The maximum Gasteiger partial charge on any atom is 0.0848 e. The Balaban J connectivity index is 1.52. The summed E-state index contributed by atoms with van der Waals surface area (Å²) in [6.45, 7) is 13.2. The van der Waals surface area contributed by atoms with Gasteiger partial charge < -0.3 is 4.90 Å². The second-order valence-corrected chi connectivity index (χ2v) is 8.76. The predicted octanol–water partition coefficient (Wildman–Crippen LogP) is 5.01. The maximum absolute atomic E-state index is 10.2. The number of aryl methyl sites for hydroxylation is 1. The van der Waals surface area contributed by atoms with Gasteiger partial charge in [0.25, 0.3) is 0 Å². The minimum atomic E-state index is -0.388. The number of hydrogen-bond acceptors (Lipinski definition) is 3. The van der Waals surface area contributed by atoms with Crippen LogP contribution in [0.2, 0.25) is 0 Å². The summed E-state index contributed by atoms with van der Waals surface area (Å²) in [5.41, 5.74) is 3.46. The van der Waals surface area contributed by atoms with Gasteiger partial charge in [-0.1, -0.05) is 68.4 Å². The van der Waals surface area contributed by atoms with Gasteiger partial charge >= 0.3 is 0 Å². The Morgan fingerprint density at radius 1 is 0.931 bits per heavy atom. The molecular weight excluding hydrogens is 354 g/mol. The van der Waals surface area contributed by atoms with Crippen LogP contribution in [0.5, 0.6) is 0 Å². The highest BCUT2D eigenvalue weighted by Gasteiger charge is 2.36. The average Bonchev–Trinajstić information content (AvgIpc) is 2.74. The van der Waals surface area contributed by atoms with E-state index in [1.54, 1.807) is 0 Å². The average molecular weight is 390 g/mol. The smallest absolute Gasteiger partial charge is 0.0848 e. The number of nitriles is 1. The van der Waals surface area contributed by atoms with Gasteiger partial charge in [0.1, 0.15) is 0 Å². The molecule has 0 amide bonds. The Morgan fingerprint density at radius 2 is 1.55 bits per heavy atom. The number of rotatable bonds is 8. The van der Waals surface area contributed by atoms with Gasteiger partial charge in [-0.25, -0.2) is 0 Å². The van der Waals surface area contributed by atoms with Crippen molar-refractivity contribution in [1.82, 2.24) is 9.80 Å². The van der Waals surface area contributed by atoms with Crippen molar-refractivity contribution in [3.05, 3.63) is 71.3 Å². The van der Waals surface area contributed by atoms with E-state index in [9.17, 15) is 5.26 Å². The molecule has 0 saturated carbocycles. The van der Waals surface area contributed by atoms with Gasteiger partial charge in [0.2, 0.25) is 0 Å². The first-order valence-corrected chi connectivity index (χ1v) is 11.0. The van der Waals surface area contributed by atoms with E-state index >= 15 is 0 Å². The number of benzene rings is 2. The fourth-order valence-electron chi connectivity index (χ4n) is 4.65. The molecule has 1 heterocycles. The lowest BCUT2D eigenvalue weighted by Crippen LogP contribution is -2.46. The van der Waals surface area contributed by atoms with Crippen LogP contribution in [0.1, 0.15) is 43.4 Å². The van der Waals surface area contributed by atoms with Crippen LogP contribution in [0.15, 0.2) is 54.6 Å². The standard InChI is InChI=1S/C26H35N3/c1-22(2)26(21-27,25-13-8-7-10-23(25)3)14-9-15-28-16-18-29(19-17-28)20-24-11-5-4-6-12-24/h4-8,10-13,22H,9,14-20H2,1-3H3/t26-/m1/s1. The van der Waals surface area contributed by atoms with Crippen molar-refractivity contribution in [3.8, 4) is 6.07 Å². The molecule has 0 bridgehead atoms. The lowest BCUT2D eigenvalue weighted by molar-refractivity contribution is 0.123. The molecule has 0 aromatic heterocycles. The second-order valence-electron chi connectivity index (χ2n) is 8.76. The van der Waals surface area contributed by atoms with E-state index < -0.39 is 0 Å². The molecular formula is C26H35N3. The van der Waals surface area contributed by atoms with Gasteiger partial charge in [0.05, 0.1) is 11.5 Å². The summed E-state index contributed by atoms with van der Waals surface area (Å²) in [5, 5.41) is 10.2. The van der Waals surface area contributed by atoms with E-state index in [1.807, 2.05) is 0 Å². The quantitative estimate of drug-likeness (QED) is 0.636. The topological polar surface area (TPSA) is 30.3 Å². The van der Waals surface area contributed by atoms with E-state index in [0.29, 0.717) is 5.92 Å². The summed E-state index contributed by atoms with van der Waals surface area (Å²) in [4.78, 5) is 5.12. The molecule has 1 aliphatic rings. The van der Waals surface area contributed by atoms with Crippen molar-refractivity contribution in [2.75, 3.05) is 32.7 Å². The predicted molar refractivity (Wildman–Crippen MR) is 121 cm³/mol. The van der Waals surface area contributed by atoms with Gasteiger partial charge in [0, 0.05) is 32.7 Å². The van der Waals surface area contributed by atoms with Gasteiger partial charge in [-0.2, -0.15) is 5.26 Å². The van der Waals surface area contributed by atoms with Crippen LogP contribution in [0.25, 0.3) is 0 Å². The molecule has 3 heteroatoms. The molecule has 1 fully saturated rings. The Labute approximate surface area is 177 Å². The number of piperazine rings is 1. The molecule has 0 aliphatic carbocycles. The van der Waals surface area contributed by atoms with Gasteiger partial charge in [-0.05, 0) is 48.9 Å². The highest BCUT2D eigenvalue weighted by molar-refractivity contribution is 5.39. The Kier molecular flexibility index (Phi) is 7.47. The second kappa shape index (κ2) is 10.1. The Morgan fingerprint density at radius 3 is 2.17 bits per heavy atom. The van der Waals surface area contributed by atoms with E-state index in [4.69, 9.17) is 0 Å². The summed E-state index contributed by atoms with van der Waals surface area (Å²) in [6.07, 6.45) is 2.00. The lowest BCUT2D eigenvalue weighted by Gasteiger charge is -2.36. The van der Waals surface area contributed by atoms with Gasteiger partial charge in [0.15, 0.2) is 0 Å². The molecule has 2 aromatic carbocycles. The Bertz CT molecular complexity index is 800. The van der Waals surface area contributed by atoms with E-state index in [2.05, 4.69) is 91.2 Å². The SMILES string of the molecule is Cc1ccccc1[C@@](C#N)(CCCN1CCN(Cc2ccccc2)CC1)C(C)C. The van der Waals surface area contributed by atoms with Crippen molar-refractivity contribution in [3.63, 3.8) is 0 Å². The van der Waals surface area contributed by atoms with Crippen molar-refractivity contribution < 1.29 is 0 Å². The molecule has 154 valence electrons. The summed E-state index contributed by atoms with van der Waals surface area (Å²) < 4.78 is 0. The van der Waals surface area contributed by atoms with Crippen LogP contribution in [-0.4, -0.2) is 42.5 Å². The minimum Gasteiger partial charge on any atom is -0.301 e. The summed E-state index contributed by atoms with van der Waals surface area (Å²) in [7, 11) is 0. The molecule has 0 N–H and O–H groups in total. The first-order chi connectivity index (χ1) is 14.0. The highest BCUT2D eigenvalue weighted by Crippen LogP contribution is 2.38. The summed E-state index contributed by atoms with van der Waals surface area (Å²) in [6, 6.07) is 21.9. The summed E-state index contributed by atoms with van der Waals surface area (Å²) in [5.74, 6) is 0.302. The molecule has 1 aliphatic heterocycles. The van der Waals surface area contributed by atoms with Crippen molar-refractivity contribution in [2.45, 2.75) is 45.6 Å². The molecule has 0 spiro atoms. The maximum atomic E-state index is 10.2. The molecule has 3 nitrogen and oxygen atoms in total. The molecule has 0 unspecified atom stereocenters. The molecule has 1 atom stereocenters. The first kappa shape index (κ1) is 21.6. The van der Waals surface area contributed by atoms with Crippen molar-refractivity contribution in [2.24, 2.45) is 5.92 Å². The Hall–Kier alpha value is -2.15. The van der Waals surface area contributed by atoms with E-state index in [1.165, 1.54) is 16.7 Å². The van der Waals surface area contributed by atoms with Crippen LogP contribution >= 0.6 is 0 Å². The minimum absolute atomic E-state index is 0.302. The fourth-order valence-corrected chi connectivity index (χ4v) is 4.65. The number of hydrogen-bond donors (Lipinski definition) is 0. The molecule has 0 radical (unpaired) electrons. The number of nitrogens with zero attached hydrogens (tertiary/aromatic N) is 3. The first-order valence-electron chi connectivity index (χ1n) is 11.0. The van der Waals surface area contributed by atoms with Gasteiger partial charge in [-0.3, -0.25) is 4.90 Å². The van der Waals surface area contributed by atoms with Crippen LogP contribution in [0.4, 0.5) is 0 Å². The fraction of sp³-hybridized carbons (Fsp3) is 0.500. The third-order valence-corrected chi connectivity index (χ3v) is 6.57. The lowest BCUT2D eigenvalue weighted by atomic mass is 9.68. The van der Waals surface area contributed by atoms with Crippen LogP contribution in [0, 0.1) is 24.2 Å². The molecule has 29 heavy (non-hydrogen) atoms. The molecule has 2 aromatic rings. The third-order valence-electron chi connectivity index (χ3n) is 6.57.